The molecule has 0 unspecified atom stereocenters. The summed E-state index contributed by atoms with van der Waals surface area (Å²) in [5, 5.41) is 14.7. The van der Waals surface area contributed by atoms with E-state index < -0.39 is 48.2 Å². The van der Waals surface area contributed by atoms with Crippen LogP contribution in [0.3, 0.4) is 0 Å². The van der Waals surface area contributed by atoms with Crippen molar-refractivity contribution >= 4 is 53.3 Å². The highest BCUT2D eigenvalue weighted by molar-refractivity contribution is 6.33. The molecule has 2 saturated heterocycles. The van der Waals surface area contributed by atoms with Crippen LogP contribution in [0.2, 0.25) is 5.02 Å². The number of hydrogen-bond acceptors (Lipinski definition) is 7. The third kappa shape index (κ3) is 6.10. The molecule has 13 nitrogen and oxygen atoms in total. The second-order valence-electron chi connectivity index (χ2n) is 9.01. The average molecular weight is 537 g/mol. The highest BCUT2D eigenvalue weighted by Crippen LogP contribution is 2.28. The molecule has 2 aliphatic rings. The van der Waals surface area contributed by atoms with Gasteiger partial charge < -0.3 is 20.1 Å². The standard InChI is InChI=1S/C23H29ClN6O7/c1-13-9-18(27(2)3)16(24)11-15(13)21(35)26-28-8-6-19(32)29-7-4-5-17(30(29)23(28)37)22(36)25-14(12-31)10-20(33)34/h9,11-12,14,17H,4-8,10H2,1-3H3,(H,25,36)(H,26,35)(H,33,34)/t14-,17-/m0/s1. The molecule has 0 saturated carbocycles. The monoisotopic (exact) mass is 536 g/mol. The van der Waals surface area contributed by atoms with Crippen LogP contribution in [-0.4, -0.2) is 95.4 Å². The van der Waals surface area contributed by atoms with Crippen molar-refractivity contribution in [2.45, 2.75) is 44.7 Å². The van der Waals surface area contributed by atoms with Gasteiger partial charge in [-0.05, 0) is 37.5 Å². The lowest BCUT2D eigenvalue weighted by atomic mass is 10.1. The first-order valence-electron chi connectivity index (χ1n) is 11.6. The van der Waals surface area contributed by atoms with E-state index in [0.29, 0.717) is 29.0 Å². The van der Waals surface area contributed by atoms with Crippen LogP contribution in [0.1, 0.15) is 41.6 Å². The number of hydrogen-bond donors (Lipinski definition) is 3. The zero-order chi connectivity index (χ0) is 27.4. The topological polar surface area (TPSA) is 160 Å². The summed E-state index contributed by atoms with van der Waals surface area (Å²) in [6.45, 7) is 1.77. The molecule has 0 bridgehead atoms. The highest BCUT2D eigenvalue weighted by atomic mass is 35.5. The van der Waals surface area contributed by atoms with Crippen molar-refractivity contribution in [2.24, 2.45) is 0 Å². The van der Waals surface area contributed by atoms with Gasteiger partial charge in [-0.1, -0.05) is 11.6 Å². The Balaban J connectivity index is 1.84. The summed E-state index contributed by atoms with van der Waals surface area (Å²) < 4.78 is 0. The van der Waals surface area contributed by atoms with Gasteiger partial charge in [-0.2, -0.15) is 0 Å². The number of fused-ring (bicyclic) bond motifs is 1. The zero-order valence-corrected chi connectivity index (χ0v) is 21.4. The number of benzene rings is 1. The van der Waals surface area contributed by atoms with Crippen molar-refractivity contribution in [2.75, 3.05) is 32.1 Å². The Labute approximate surface area is 218 Å². The largest absolute Gasteiger partial charge is 0.481 e. The predicted octanol–water partition coefficient (Wildman–Crippen LogP) is 0.551. The van der Waals surface area contributed by atoms with Crippen LogP contribution in [0.25, 0.3) is 0 Å². The van der Waals surface area contributed by atoms with Gasteiger partial charge >= 0.3 is 12.0 Å². The number of carboxylic acids is 1. The first-order chi connectivity index (χ1) is 17.4. The maximum atomic E-state index is 13.5. The highest BCUT2D eigenvalue weighted by Gasteiger charge is 2.44. The Kier molecular flexibility index (Phi) is 8.58. The minimum Gasteiger partial charge on any atom is -0.481 e. The van der Waals surface area contributed by atoms with Crippen LogP contribution < -0.4 is 15.6 Å². The molecule has 5 amide bonds. The number of amides is 5. The van der Waals surface area contributed by atoms with Gasteiger partial charge in [0.2, 0.25) is 11.8 Å². The van der Waals surface area contributed by atoms with E-state index in [1.54, 1.807) is 17.9 Å². The van der Waals surface area contributed by atoms with E-state index in [4.69, 9.17) is 16.7 Å². The summed E-state index contributed by atoms with van der Waals surface area (Å²) in [4.78, 5) is 76.4. The SMILES string of the molecule is Cc1cc(N(C)C)c(Cl)cc1C(=O)NN1CCC(=O)N2CCC[C@@H](C(=O)N[C@H](C=O)CC(=O)O)N2C1=O. The molecular weight excluding hydrogens is 508 g/mol. The van der Waals surface area contributed by atoms with E-state index in [1.165, 1.54) is 6.07 Å². The Morgan fingerprint density at radius 2 is 1.95 bits per heavy atom. The minimum absolute atomic E-state index is 0.105. The van der Waals surface area contributed by atoms with Crippen LogP contribution in [0.15, 0.2) is 12.1 Å². The first kappa shape index (κ1) is 27.7. The number of carbonyl (C=O) groups excluding carboxylic acids is 5. The Hall–Kier alpha value is -3.87. The van der Waals surface area contributed by atoms with E-state index in [0.717, 1.165) is 15.0 Å². The lowest BCUT2D eigenvalue weighted by Gasteiger charge is -2.43. The molecule has 1 aromatic rings. The van der Waals surface area contributed by atoms with Gasteiger partial charge in [-0.3, -0.25) is 24.6 Å². The van der Waals surface area contributed by atoms with E-state index in [1.807, 2.05) is 14.1 Å². The van der Waals surface area contributed by atoms with Crippen molar-refractivity contribution < 1.29 is 33.9 Å². The van der Waals surface area contributed by atoms with Gasteiger partial charge in [0.15, 0.2) is 0 Å². The summed E-state index contributed by atoms with van der Waals surface area (Å²) in [5.74, 6) is -3.11. The summed E-state index contributed by atoms with van der Waals surface area (Å²) in [6, 6.07) is -0.0753. The average Bonchev–Trinajstić information content (AvgIpc) is 2.96. The van der Waals surface area contributed by atoms with Gasteiger partial charge in [0.05, 0.1) is 29.7 Å². The number of urea groups is 1. The van der Waals surface area contributed by atoms with E-state index >= 15 is 0 Å². The number of nitrogens with one attached hydrogen (secondary N) is 2. The molecule has 2 fully saturated rings. The molecular formula is C23H29ClN6O7. The lowest BCUT2D eigenvalue weighted by molar-refractivity contribution is -0.155. The molecule has 200 valence electrons. The Morgan fingerprint density at radius 3 is 2.57 bits per heavy atom. The van der Waals surface area contributed by atoms with Crippen molar-refractivity contribution in [1.29, 1.82) is 0 Å². The molecule has 37 heavy (non-hydrogen) atoms. The summed E-state index contributed by atoms with van der Waals surface area (Å²) in [6.07, 6.45) is 0.133. The smallest absolute Gasteiger partial charge is 0.358 e. The lowest BCUT2D eigenvalue weighted by Crippen LogP contribution is -2.64. The van der Waals surface area contributed by atoms with Crippen LogP contribution in [0.4, 0.5) is 10.5 Å². The number of carboxylic acid groups (broad SMARTS) is 1. The quantitative estimate of drug-likeness (QED) is 0.406. The number of aliphatic carboxylic acids is 1. The number of aldehydes is 1. The summed E-state index contributed by atoms with van der Waals surface area (Å²) >= 11 is 6.32. The Bertz CT molecular complexity index is 1130. The maximum absolute atomic E-state index is 13.5. The molecule has 0 spiro atoms. The number of hydrazine groups is 2. The summed E-state index contributed by atoms with van der Waals surface area (Å²) in [7, 11) is 3.62. The number of aryl methyl sites for hydroxylation is 1. The fourth-order valence-electron chi connectivity index (χ4n) is 4.25. The van der Waals surface area contributed by atoms with Gasteiger partial charge in [-0.15, -0.1) is 0 Å². The molecule has 2 atom stereocenters. The second kappa shape index (κ2) is 11.5. The van der Waals surface area contributed by atoms with Crippen LogP contribution in [0, 0.1) is 6.92 Å². The number of anilines is 1. The van der Waals surface area contributed by atoms with Crippen molar-refractivity contribution in [1.82, 2.24) is 25.8 Å². The molecule has 3 N–H and O–H groups in total. The minimum atomic E-state index is -1.30. The van der Waals surface area contributed by atoms with E-state index in [9.17, 15) is 28.8 Å². The maximum Gasteiger partial charge on any atom is 0.358 e. The second-order valence-corrected chi connectivity index (χ2v) is 9.41. The van der Waals surface area contributed by atoms with Crippen molar-refractivity contribution in [3.63, 3.8) is 0 Å². The van der Waals surface area contributed by atoms with Crippen LogP contribution in [0.5, 0.6) is 0 Å². The molecule has 0 aromatic heterocycles. The number of carbonyl (C=O) groups is 6. The fraction of sp³-hybridized carbons (Fsp3) is 0.478. The molecule has 3 rings (SSSR count). The van der Waals surface area contributed by atoms with Gasteiger partial charge in [0.1, 0.15) is 12.3 Å². The van der Waals surface area contributed by atoms with E-state index in [-0.39, 0.29) is 31.5 Å². The first-order valence-corrected chi connectivity index (χ1v) is 12.0. The third-order valence-corrected chi connectivity index (χ3v) is 6.42. The van der Waals surface area contributed by atoms with Gasteiger partial charge in [-0.25, -0.2) is 19.8 Å². The van der Waals surface area contributed by atoms with E-state index in [2.05, 4.69) is 10.7 Å². The molecule has 0 aliphatic carbocycles. The number of nitrogens with zero attached hydrogens (tertiary/aromatic N) is 4. The van der Waals surface area contributed by atoms with Crippen molar-refractivity contribution in [3.8, 4) is 0 Å². The number of rotatable bonds is 8. The molecule has 0 radical (unpaired) electrons. The number of halogens is 1. The van der Waals surface area contributed by atoms with Crippen molar-refractivity contribution in [3.05, 3.63) is 28.3 Å². The fourth-order valence-corrected chi connectivity index (χ4v) is 4.59. The predicted molar refractivity (Wildman–Crippen MR) is 132 cm³/mol. The summed E-state index contributed by atoms with van der Waals surface area (Å²) in [5.41, 5.74) is 4.07. The van der Waals surface area contributed by atoms with Crippen LogP contribution in [-0.2, 0) is 19.2 Å². The normalized spacial score (nSPS) is 18.5. The molecule has 1 aromatic carbocycles. The molecule has 14 heteroatoms. The van der Waals surface area contributed by atoms with Gasteiger partial charge in [0, 0.05) is 32.6 Å². The Morgan fingerprint density at radius 1 is 1.24 bits per heavy atom. The third-order valence-electron chi connectivity index (χ3n) is 6.11. The molecule has 2 aliphatic heterocycles. The van der Waals surface area contributed by atoms with Gasteiger partial charge in [0.25, 0.3) is 5.91 Å². The molecule has 2 heterocycles. The zero-order valence-electron chi connectivity index (χ0n) is 20.7. The van der Waals surface area contributed by atoms with Crippen LogP contribution >= 0.6 is 11.6 Å².